The van der Waals surface area contributed by atoms with Crippen LogP contribution in [0, 0.1) is 12.3 Å². The van der Waals surface area contributed by atoms with Gasteiger partial charge < -0.3 is 9.26 Å². The second kappa shape index (κ2) is 7.69. The fourth-order valence-electron chi connectivity index (χ4n) is 4.91. The van der Waals surface area contributed by atoms with Crippen LogP contribution in [0.3, 0.4) is 0 Å². The van der Waals surface area contributed by atoms with Crippen molar-refractivity contribution in [2.24, 2.45) is 5.41 Å². The number of hydrogen-bond donors (Lipinski definition) is 0. The van der Waals surface area contributed by atoms with Crippen molar-refractivity contribution in [1.82, 2.24) is 23.7 Å². The highest BCUT2D eigenvalue weighted by atomic mass is 32.2. The van der Waals surface area contributed by atoms with Gasteiger partial charge in [0.2, 0.25) is 5.89 Å². The third-order valence-electron chi connectivity index (χ3n) is 6.41. The minimum atomic E-state index is -3.46. The summed E-state index contributed by atoms with van der Waals surface area (Å²) in [7, 11) is -3.46. The number of morpholine rings is 1. The van der Waals surface area contributed by atoms with Gasteiger partial charge >= 0.3 is 0 Å². The average molecular weight is 434 g/mol. The molecule has 10 heteroatoms. The summed E-state index contributed by atoms with van der Waals surface area (Å²) in [6.45, 7) is 6.91. The molecule has 162 valence electrons. The van der Waals surface area contributed by atoms with Crippen LogP contribution in [-0.4, -0.2) is 84.6 Å². The third kappa shape index (κ3) is 3.56. The largest absolute Gasteiger partial charge is 0.379 e. The minimum absolute atomic E-state index is 0.0264. The van der Waals surface area contributed by atoms with Crippen LogP contribution >= 0.6 is 0 Å². The van der Waals surface area contributed by atoms with Gasteiger partial charge in [0.15, 0.2) is 5.82 Å². The van der Waals surface area contributed by atoms with Crippen LogP contribution in [0.4, 0.5) is 0 Å². The molecule has 0 radical (unpaired) electrons. The number of hydrogen-bond acceptors (Lipinski definition) is 7. The predicted octanol–water partition coefficient (Wildman–Crippen LogP) is 0.856. The van der Waals surface area contributed by atoms with E-state index < -0.39 is 10.2 Å². The highest BCUT2D eigenvalue weighted by molar-refractivity contribution is 7.86. The first-order chi connectivity index (χ1) is 14.5. The lowest BCUT2D eigenvalue weighted by Gasteiger charge is -2.50. The maximum Gasteiger partial charge on any atom is 0.282 e. The molecule has 3 aliphatic heterocycles. The highest BCUT2D eigenvalue weighted by Gasteiger charge is 2.59. The van der Waals surface area contributed by atoms with Gasteiger partial charge in [0, 0.05) is 51.2 Å². The molecule has 4 heterocycles. The van der Waals surface area contributed by atoms with Crippen LogP contribution in [-0.2, 0) is 21.5 Å². The Hall–Kier alpha value is -1.85. The van der Waals surface area contributed by atoms with Crippen LogP contribution in [0.25, 0.3) is 0 Å². The zero-order valence-electron chi connectivity index (χ0n) is 17.1. The fraction of sp³-hybridized carbons (Fsp3) is 0.600. The topological polar surface area (TPSA) is 92.0 Å². The summed E-state index contributed by atoms with van der Waals surface area (Å²) in [5.41, 5.74) is 1.04. The molecule has 0 amide bonds. The lowest BCUT2D eigenvalue weighted by molar-refractivity contribution is 0.0362. The van der Waals surface area contributed by atoms with Gasteiger partial charge in [-0.3, -0.25) is 4.90 Å². The van der Waals surface area contributed by atoms with Crippen LogP contribution in [0.2, 0.25) is 0 Å². The quantitative estimate of drug-likeness (QED) is 0.690. The first-order valence-electron chi connectivity index (χ1n) is 10.4. The standard InChI is InChI=1S/C20H27N5O4S/c1-16-21-19(29-22-16)18-12-23(11-17-5-3-2-4-6-17)13-20(18)14-25(15-20)30(26,27)24-7-9-28-10-8-24/h2-6,18H,7-15H2,1H3. The molecule has 1 unspecified atom stereocenters. The smallest absolute Gasteiger partial charge is 0.282 e. The maximum atomic E-state index is 13.1. The zero-order valence-corrected chi connectivity index (χ0v) is 17.9. The van der Waals surface area contributed by atoms with Gasteiger partial charge in [0.25, 0.3) is 10.2 Å². The molecule has 0 aliphatic carbocycles. The van der Waals surface area contributed by atoms with Crippen molar-refractivity contribution in [3.8, 4) is 0 Å². The molecule has 1 atom stereocenters. The monoisotopic (exact) mass is 433 g/mol. The van der Waals surface area contributed by atoms with Gasteiger partial charge in [-0.1, -0.05) is 35.5 Å². The molecule has 5 rings (SSSR count). The van der Waals surface area contributed by atoms with E-state index in [1.807, 2.05) is 25.1 Å². The first kappa shape index (κ1) is 20.1. The van der Waals surface area contributed by atoms with Crippen molar-refractivity contribution in [3.05, 3.63) is 47.6 Å². The summed E-state index contributed by atoms with van der Waals surface area (Å²) in [6, 6.07) is 10.3. The van der Waals surface area contributed by atoms with E-state index >= 15 is 0 Å². The summed E-state index contributed by atoms with van der Waals surface area (Å²) in [4.78, 5) is 6.86. The molecule has 9 nitrogen and oxygen atoms in total. The van der Waals surface area contributed by atoms with E-state index in [-0.39, 0.29) is 11.3 Å². The van der Waals surface area contributed by atoms with Gasteiger partial charge in [-0.2, -0.15) is 22.0 Å². The predicted molar refractivity (Wildman–Crippen MR) is 109 cm³/mol. The summed E-state index contributed by atoms with van der Waals surface area (Å²) >= 11 is 0. The molecular formula is C20H27N5O4S. The lowest BCUT2D eigenvalue weighted by Crippen LogP contribution is -2.64. The van der Waals surface area contributed by atoms with E-state index in [9.17, 15) is 8.42 Å². The second-order valence-electron chi connectivity index (χ2n) is 8.54. The van der Waals surface area contributed by atoms with Crippen molar-refractivity contribution in [2.45, 2.75) is 19.4 Å². The molecule has 2 aromatic rings. The number of aryl methyl sites for hydroxylation is 1. The van der Waals surface area contributed by atoms with Gasteiger partial charge in [0.05, 0.1) is 19.1 Å². The van der Waals surface area contributed by atoms with Gasteiger partial charge in [0.1, 0.15) is 0 Å². The Balaban J connectivity index is 1.35. The molecule has 30 heavy (non-hydrogen) atoms. The number of nitrogens with zero attached hydrogens (tertiary/aromatic N) is 5. The average Bonchev–Trinajstić information content (AvgIpc) is 3.32. The zero-order chi connectivity index (χ0) is 20.8. The first-order valence-corrected chi connectivity index (χ1v) is 11.8. The van der Waals surface area contributed by atoms with Crippen LogP contribution < -0.4 is 0 Å². The van der Waals surface area contributed by atoms with E-state index in [0.717, 1.165) is 19.6 Å². The summed E-state index contributed by atoms with van der Waals surface area (Å²) in [6.07, 6.45) is 0. The summed E-state index contributed by atoms with van der Waals surface area (Å²) in [5.74, 6) is 1.25. The molecule has 0 saturated carbocycles. The molecule has 1 spiro atoms. The number of ether oxygens (including phenoxy) is 1. The number of aromatic nitrogens is 2. The lowest BCUT2D eigenvalue weighted by atomic mass is 9.73. The molecule has 1 aromatic heterocycles. The number of likely N-dealkylation sites (tertiary alicyclic amines) is 1. The molecule has 3 aliphatic rings. The van der Waals surface area contributed by atoms with Gasteiger partial charge in [-0.15, -0.1) is 0 Å². The Bertz CT molecular complexity index is 984. The Labute approximate surface area is 176 Å². The van der Waals surface area contributed by atoms with Crippen molar-refractivity contribution in [1.29, 1.82) is 0 Å². The Morgan fingerprint density at radius 1 is 1.10 bits per heavy atom. The normalized spacial score (nSPS) is 25.6. The van der Waals surface area contributed by atoms with E-state index in [2.05, 4.69) is 27.2 Å². The number of rotatable bonds is 5. The Morgan fingerprint density at radius 3 is 2.50 bits per heavy atom. The van der Waals surface area contributed by atoms with Crippen LogP contribution in [0.15, 0.2) is 34.9 Å². The third-order valence-corrected chi connectivity index (χ3v) is 8.34. The van der Waals surface area contributed by atoms with Gasteiger partial charge in [-0.05, 0) is 12.5 Å². The highest BCUT2D eigenvalue weighted by Crippen LogP contribution is 2.50. The number of benzene rings is 1. The second-order valence-corrected chi connectivity index (χ2v) is 10.5. The van der Waals surface area contributed by atoms with Crippen LogP contribution in [0.1, 0.15) is 23.2 Å². The molecule has 3 fully saturated rings. The van der Waals surface area contributed by atoms with E-state index in [1.165, 1.54) is 9.87 Å². The molecule has 1 aromatic carbocycles. The van der Waals surface area contributed by atoms with E-state index in [0.29, 0.717) is 51.1 Å². The van der Waals surface area contributed by atoms with Crippen molar-refractivity contribution in [3.63, 3.8) is 0 Å². The van der Waals surface area contributed by atoms with Crippen LogP contribution in [0.5, 0.6) is 0 Å². The summed E-state index contributed by atoms with van der Waals surface area (Å²) in [5, 5.41) is 3.98. The Morgan fingerprint density at radius 2 is 1.83 bits per heavy atom. The summed E-state index contributed by atoms with van der Waals surface area (Å²) < 4.78 is 40.1. The molecular weight excluding hydrogens is 406 g/mol. The molecule has 0 N–H and O–H groups in total. The fourth-order valence-corrected chi connectivity index (χ4v) is 6.69. The van der Waals surface area contributed by atoms with Crippen molar-refractivity contribution in [2.75, 3.05) is 52.5 Å². The van der Waals surface area contributed by atoms with Crippen molar-refractivity contribution < 1.29 is 17.7 Å². The molecule has 3 saturated heterocycles. The minimum Gasteiger partial charge on any atom is -0.379 e. The Kier molecular flexibility index (Phi) is 5.14. The van der Waals surface area contributed by atoms with E-state index in [4.69, 9.17) is 9.26 Å². The molecule has 0 bridgehead atoms. The van der Waals surface area contributed by atoms with Crippen molar-refractivity contribution >= 4 is 10.2 Å². The van der Waals surface area contributed by atoms with Gasteiger partial charge in [-0.25, -0.2) is 0 Å². The maximum absolute atomic E-state index is 13.1. The van der Waals surface area contributed by atoms with E-state index in [1.54, 1.807) is 4.31 Å². The SMILES string of the molecule is Cc1noc(C2CN(Cc3ccccc3)CC23CN(S(=O)(=O)N2CCOCC2)C3)n1.